The highest BCUT2D eigenvalue weighted by Crippen LogP contribution is 2.28. The Bertz CT molecular complexity index is 1600. The van der Waals surface area contributed by atoms with E-state index in [-0.39, 0.29) is 11.5 Å². The van der Waals surface area contributed by atoms with E-state index in [1.54, 1.807) is 36.4 Å². The summed E-state index contributed by atoms with van der Waals surface area (Å²) in [6.07, 6.45) is 0. The molecule has 0 bridgehead atoms. The van der Waals surface area contributed by atoms with Gasteiger partial charge in [0.15, 0.2) is 5.58 Å². The predicted octanol–water partition coefficient (Wildman–Crippen LogP) is 5.15. The zero-order valence-electron chi connectivity index (χ0n) is 17.6. The van der Waals surface area contributed by atoms with Crippen molar-refractivity contribution in [2.75, 3.05) is 0 Å². The molecule has 8 heteroatoms. The zero-order chi connectivity index (χ0) is 23.1. The number of fused-ring (bicyclic) bond motifs is 2. The second kappa shape index (κ2) is 7.86. The lowest BCUT2D eigenvalue weighted by Gasteiger charge is -2.08. The largest absolute Gasteiger partial charge is 0.505 e. The minimum atomic E-state index is -0.556. The van der Waals surface area contributed by atoms with Crippen LogP contribution in [0.15, 0.2) is 95.4 Å². The number of ether oxygens (including phenoxy) is 1. The number of rotatable bonds is 4. The van der Waals surface area contributed by atoms with E-state index in [4.69, 9.17) is 9.15 Å². The van der Waals surface area contributed by atoms with Gasteiger partial charge in [-0.1, -0.05) is 24.3 Å². The van der Waals surface area contributed by atoms with Crippen LogP contribution in [0.1, 0.15) is 10.4 Å². The Morgan fingerprint density at radius 1 is 0.824 bits per heavy atom. The number of phenolic OH excluding ortho intramolecular Hbond substituents is 1. The highest BCUT2D eigenvalue weighted by molar-refractivity contribution is 5.91. The summed E-state index contributed by atoms with van der Waals surface area (Å²) in [5.41, 5.74) is 4.35. The summed E-state index contributed by atoms with van der Waals surface area (Å²) < 4.78 is 11.2. The Labute approximate surface area is 192 Å². The van der Waals surface area contributed by atoms with E-state index in [0.717, 1.165) is 11.1 Å². The number of para-hydroxylation sites is 2. The number of hydrogen-bond acceptors (Lipinski definition) is 7. The van der Waals surface area contributed by atoms with Crippen LogP contribution in [0.3, 0.4) is 0 Å². The van der Waals surface area contributed by atoms with Crippen LogP contribution in [0.4, 0.5) is 0 Å². The lowest BCUT2D eigenvalue weighted by molar-refractivity contribution is 0.0734. The van der Waals surface area contributed by atoms with Crippen LogP contribution >= 0.6 is 0 Å². The van der Waals surface area contributed by atoms with Gasteiger partial charge in [0.05, 0.1) is 5.56 Å². The molecule has 0 spiro atoms. The van der Waals surface area contributed by atoms with Crippen LogP contribution in [0.2, 0.25) is 0 Å². The predicted molar refractivity (Wildman–Crippen MR) is 125 cm³/mol. The molecule has 0 saturated heterocycles. The number of phenols is 1. The highest BCUT2D eigenvalue weighted by atomic mass is 16.5. The Hall–Kier alpha value is -4.98. The number of esters is 1. The van der Waals surface area contributed by atoms with Crippen molar-refractivity contribution in [3.8, 4) is 28.6 Å². The summed E-state index contributed by atoms with van der Waals surface area (Å²) in [7, 11) is 0. The third kappa shape index (κ3) is 3.53. The van der Waals surface area contributed by atoms with Gasteiger partial charge in [-0.15, -0.1) is 15.0 Å². The van der Waals surface area contributed by atoms with Crippen molar-refractivity contribution < 1.29 is 19.1 Å². The van der Waals surface area contributed by atoms with E-state index in [1.165, 1.54) is 10.9 Å². The number of carbonyl (C=O) groups is 1. The average Bonchev–Trinajstić information content (AvgIpc) is 3.48. The van der Waals surface area contributed by atoms with E-state index < -0.39 is 5.97 Å². The lowest BCUT2D eigenvalue weighted by Crippen LogP contribution is -2.08. The van der Waals surface area contributed by atoms with Crippen molar-refractivity contribution in [2.24, 2.45) is 0 Å². The van der Waals surface area contributed by atoms with Gasteiger partial charge in [-0.3, -0.25) is 0 Å². The quantitative estimate of drug-likeness (QED) is 0.294. The number of hydrogen-bond donors (Lipinski definition) is 1. The fourth-order valence-corrected chi connectivity index (χ4v) is 3.61. The van der Waals surface area contributed by atoms with Crippen LogP contribution < -0.4 is 4.74 Å². The minimum Gasteiger partial charge on any atom is -0.505 e. The molecule has 0 aliphatic heterocycles. The molecule has 0 fully saturated rings. The first kappa shape index (κ1) is 19.7. The van der Waals surface area contributed by atoms with Crippen LogP contribution in [-0.2, 0) is 0 Å². The van der Waals surface area contributed by atoms with Gasteiger partial charge in [0.25, 0.3) is 0 Å². The van der Waals surface area contributed by atoms with Crippen molar-refractivity contribution >= 4 is 28.1 Å². The average molecular weight is 448 g/mol. The molecule has 1 N–H and O–H groups in total. The van der Waals surface area contributed by atoms with Crippen molar-refractivity contribution in [3.05, 3.63) is 96.6 Å². The Balaban J connectivity index is 1.20. The van der Waals surface area contributed by atoms with Gasteiger partial charge in [-0.2, -0.15) is 0 Å². The molecule has 34 heavy (non-hydrogen) atoms. The summed E-state index contributed by atoms with van der Waals surface area (Å²) in [6, 6.07) is 26.2. The maximum atomic E-state index is 12.6. The second-order valence-corrected chi connectivity index (χ2v) is 7.58. The van der Waals surface area contributed by atoms with Crippen molar-refractivity contribution in [1.82, 2.24) is 20.0 Å². The molecule has 6 rings (SSSR count). The fourth-order valence-electron chi connectivity index (χ4n) is 3.61. The molecule has 6 aromatic rings. The lowest BCUT2D eigenvalue weighted by atomic mass is 10.1. The number of carbonyl (C=O) groups excluding carboxylic acids is 1. The van der Waals surface area contributed by atoms with Gasteiger partial charge in [0.2, 0.25) is 5.89 Å². The summed E-state index contributed by atoms with van der Waals surface area (Å²) in [6.45, 7) is 0. The van der Waals surface area contributed by atoms with Gasteiger partial charge in [0, 0.05) is 11.6 Å². The molecule has 4 aromatic carbocycles. The molecule has 0 aliphatic rings. The van der Waals surface area contributed by atoms with Crippen molar-refractivity contribution in [2.45, 2.75) is 0 Å². The van der Waals surface area contributed by atoms with Crippen molar-refractivity contribution in [1.29, 1.82) is 0 Å². The molecule has 0 aliphatic carbocycles. The maximum absolute atomic E-state index is 12.6. The van der Waals surface area contributed by atoms with Crippen LogP contribution in [0, 0.1) is 0 Å². The van der Waals surface area contributed by atoms with Crippen LogP contribution in [-0.4, -0.2) is 31.1 Å². The number of aromatic hydroxyl groups is 1. The third-order valence-corrected chi connectivity index (χ3v) is 5.32. The molecule has 2 aromatic heterocycles. The van der Waals surface area contributed by atoms with Gasteiger partial charge < -0.3 is 14.3 Å². The van der Waals surface area contributed by atoms with E-state index in [2.05, 4.69) is 15.2 Å². The number of benzene rings is 4. The molecular weight excluding hydrogens is 432 g/mol. The molecule has 0 saturated carbocycles. The standard InChI is InChI=1S/C26H16N4O4/c31-23-15-18(13-14-22(23)30-28-19-5-1-2-6-20(19)29-30)33-26(32)17-11-9-16(10-12-17)25-27-21-7-3-4-8-24(21)34-25/h1-15,31H. The highest BCUT2D eigenvalue weighted by Gasteiger charge is 2.14. The van der Waals surface area contributed by atoms with Crippen LogP contribution in [0.25, 0.3) is 39.3 Å². The maximum Gasteiger partial charge on any atom is 0.343 e. The molecule has 2 heterocycles. The number of oxazole rings is 1. The summed E-state index contributed by atoms with van der Waals surface area (Å²) in [5, 5.41) is 19.2. The van der Waals surface area contributed by atoms with E-state index in [1.807, 2.05) is 48.5 Å². The second-order valence-electron chi connectivity index (χ2n) is 7.58. The van der Waals surface area contributed by atoms with Gasteiger partial charge in [0.1, 0.15) is 33.7 Å². The molecule has 0 unspecified atom stereocenters. The molecule has 0 amide bonds. The Morgan fingerprint density at radius 3 is 2.18 bits per heavy atom. The summed E-state index contributed by atoms with van der Waals surface area (Å²) in [4.78, 5) is 18.4. The van der Waals surface area contributed by atoms with Crippen LogP contribution in [0.5, 0.6) is 11.5 Å². The smallest absolute Gasteiger partial charge is 0.343 e. The number of aromatic nitrogens is 4. The molecule has 0 radical (unpaired) electrons. The van der Waals surface area contributed by atoms with E-state index in [9.17, 15) is 9.90 Å². The first-order chi connectivity index (χ1) is 16.6. The molecular formula is C26H16N4O4. The molecule has 0 atom stereocenters. The Kier molecular flexibility index (Phi) is 4.55. The molecule has 164 valence electrons. The fraction of sp³-hybridized carbons (Fsp3) is 0. The third-order valence-electron chi connectivity index (χ3n) is 5.32. The summed E-state index contributed by atoms with van der Waals surface area (Å²) >= 11 is 0. The topological polar surface area (TPSA) is 103 Å². The SMILES string of the molecule is O=C(Oc1ccc(-n2nc3ccccc3n2)c(O)c1)c1ccc(-c2nc3ccccc3o2)cc1. The number of nitrogens with zero attached hydrogens (tertiary/aromatic N) is 4. The zero-order valence-corrected chi connectivity index (χ0v) is 17.6. The van der Waals surface area contributed by atoms with E-state index >= 15 is 0 Å². The Morgan fingerprint density at radius 2 is 1.50 bits per heavy atom. The first-order valence-electron chi connectivity index (χ1n) is 10.5. The molecule has 8 nitrogen and oxygen atoms in total. The summed E-state index contributed by atoms with van der Waals surface area (Å²) in [5.74, 6) is 0.00337. The van der Waals surface area contributed by atoms with Gasteiger partial charge in [-0.25, -0.2) is 9.78 Å². The van der Waals surface area contributed by atoms with E-state index in [0.29, 0.717) is 33.8 Å². The normalized spacial score (nSPS) is 11.2. The first-order valence-corrected chi connectivity index (χ1v) is 10.5. The van der Waals surface area contributed by atoms with Crippen molar-refractivity contribution in [3.63, 3.8) is 0 Å². The monoisotopic (exact) mass is 448 g/mol. The minimum absolute atomic E-state index is 0.114. The van der Waals surface area contributed by atoms with Gasteiger partial charge >= 0.3 is 5.97 Å². The van der Waals surface area contributed by atoms with Gasteiger partial charge in [-0.05, 0) is 60.7 Å².